The Morgan fingerprint density at radius 1 is 1.18 bits per heavy atom. The van der Waals surface area contributed by atoms with Gasteiger partial charge in [0.1, 0.15) is 11.7 Å². The number of allylic oxidation sites excluding steroid dienone is 2. The lowest BCUT2D eigenvalue weighted by molar-refractivity contribution is -0.151. The number of fused-ring (bicyclic) bond motifs is 7. The van der Waals surface area contributed by atoms with Gasteiger partial charge in [0.25, 0.3) is 0 Å². The Morgan fingerprint density at radius 2 is 1.95 bits per heavy atom. The molecule has 3 saturated carbocycles. The van der Waals surface area contributed by atoms with Crippen LogP contribution < -0.4 is 5.32 Å². The molecule has 5 heteroatoms. The highest BCUT2D eigenvalue weighted by molar-refractivity contribution is 5.72. The Balaban J connectivity index is 1.31. The third-order valence-corrected chi connectivity index (χ3v) is 11.8. The van der Waals surface area contributed by atoms with Crippen LogP contribution in [-0.2, 0) is 19.1 Å². The van der Waals surface area contributed by atoms with Crippen molar-refractivity contribution in [3.05, 3.63) is 23.0 Å². The lowest BCUT2D eigenvalue weighted by Crippen LogP contribution is -2.50. The van der Waals surface area contributed by atoms with Crippen LogP contribution in [0.2, 0.25) is 0 Å². The zero-order valence-electron chi connectivity index (χ0n) is 25.0. The molecule has 0 unspecified atom stereocenters. The number of rotatable bonds is 7. The van der Waals surface area contributed by atoms with Crippen molar-refractivity contribution >= 4 is 11.9 Å². The lowest BCUT2D eigenvalue weighted by Gasteiger charge is -2.58. The van der Waals surface area contributed by atoms with E-state index in [2.05, 4.69) is 46.0 Å². The molecule has 0 aromatic carbocycles. The molecule has 5 aliphatic rings. The summed E-state index contributed by atoms with van der Waals surface area (Å²) in [5.41, 5.74) is 3.51. The van der Waals surface area contributed by atoms with E-state index in [1.807, 2.05) is 6.92 Å². The van der Waals surface area contributed by atoms with Gasteiger partial charge in [-0.3, -0.25) is 9.59 Å². The van der Waals surface area contributed by atoms with E-state index in [0.717, 1.165) is 56.9 Å². The molecule has 0 bridgehead atoms. The van der Waals surface area contributed by atoms with E-state index in [1.165, 1.54) is 30.6 Å². The second-order valence-electron chi connectivity index (χ2n) is 14.3. The fourth-order valence-electron chi connectivity index (χ4n) is 9.96. The first kappa shape index (κ1) is 27.8. The number of amides is 1. The molecular formula is C33H51NO4. The van der Waals surface area contributed by atoms with Gasteiger partial charge >= 0.3 is 5.97 Å². The first-order chi connectivity index (χ1) is 17.9. The number of esters is 1. The number of hydrogen-bond donors (Lipinski definition) is 1. The molecular weight excluding hydrogens is 474 g/mol. The van der Waals surface area contributed by atoms with E-state index < -0.39 is 0 Å². The number of carbonyl (C=O) groups is 2. The summed E-state index contributed by atoms with van der Waals surface area (Å²) >= 11 is 0. The number of hydrogen-bond acceptors (Lipinski definition) is 4. The third-order valence-electron chi connectivity index (χ3n) is 11.8. The summed E-state index contributed by atoms with van der Waals surface area (Å²) in [6, 6.07) is 0. The number of carbonyl (C=O) groups excluding carboxylic acids is 2. The second-order valence-corrected chi connectivity index (χ2v) is 14.3. The van der Waals surface area contributed by atoms with E-state index in [1.54, 1.807) is 12.5 Å². The molecule has 1 aliphatic heterocycles. The smallest absolute Gasteiger partial charge is 0.305 e. The van der Waals surface area contributed by atoms with E-state index in [-0.39, 0.29) is 29.0 Å². The van der Waals surface area contributed by atoms with E-state index in [0.29, 0.717) is 29.6 Å². The Labute approximate surface area is 230 Å². The van der Waals surface area contributed by atoms with E-state index in [4.69, 9.17) is 9.47 Å². The average molecular weight is 526 g/mol. The summed E-state index contributed by atoms with van der Waals surface area (Å²) in [7, 11) is 0. The minimum absolute atomic E-state index is 0.0486. The Hall–Kier alpha value is -1.78. The zero-order valence-corrected chi connectivity index (χ0v) is 25.0. The van der Waals surface area contributed by atoms with Crippen LogP contribution >= 0.6 is 0 Å². The molecule has 0 radical (unpaired) electrons. The highest BCUT2D eigenvalue weighted by Gasteiger charge is 2.67. The summed E-state index contributed by atoms with van der Waals surface area (Å²) in [6.45, 7) is 16.3. The van der Waals surface area contributed by atoms with Gasteiger partial charge in [-0.25, -0.2) is 0 Å². The van der Waals surface area contributed by atoms with Gasteiger partial charge in [0.05, 0.1) is 5.76 Å². The van der Waals surface area contributed by atoms with Gasteiger partial charge in [-0.2, -0.15) is 0 Å². The number of nitrogens with one attached hydrogen (secondary N) is 1. The van der Waals surface area contributed by atoms with Crippen LogP contribution in [0.3, 0.4) is 0 Å². The monoisotopic (exact) mass is 525 g/mol. The standard InChI is InChI=1S/C33H51NO4/c1-8-29(36)37-24-13-15-31(5)23(17-24)10-11-25-26(31)14-16-32(6)27(25)18-33(7)30(32)21(3)28(38-33)12-9-20(2)19-34-22(4)35/h10,20,24-27,30H,8-9,11-19H2,1-7H3,(H,34,35)/t20-,24+,25-,26+,27-,30-,31+,32+,33-/m1/s1. The molecule has 38 heavy (non-hydrogen) atoms. The van der Waals surface area contributed by atoms with Crippen LogP contribution in [0.15, 0.2) is 23.0 Å². The molecule has 5 nitrogen and oxygen atoms in total. The number of ether oxygens (including phenoxy) is 2. The van der Waals surface area contributed by atoms with Gasteiger partial charge in [0, 0.05) is 38.6 Å². The SMILES string of the molecule is CCC(=O)O[C@H]1CC[C@@]2(C)C(=CC[C@H]3[C@H]4C[C@@]5(C)OC(CC[C@@H](C)CNC(C)=O)=C(C)[C@@H]5[C@@]4(C)CC[C@@H]32)C1. The van der Waals surface area contributed by atoms with Crippen LogP contribution in [-0.4, -0.2) is 30.1 Å². The Bertz CT molecular complexity index is 1030. The molecule has 1 heterocycles. The van der Waals surface area contributed by atoms with Crippen molar-refractivity contribution in [1.29, 1.82) is 0 Å². The molecule has 4 aliphatic carbocycles. The van der Waals surface area contributed by atoms with E-state index >= 15 is 0 Å². The van der Waals surface area contributed by atoms with Gasteiger partial charge in [0.2, 0.25) is 5.91 Å². The van der Waals surface area contributed by atoms with Gasteiger partial charge in [-0.05, 0) is 98.9 Å². The van der Waals surface area contributed by atoms with Crippen molar-refractivity contribution in [3.8, 4) is 0 Å². The van der Waals surface area contributed by atoms with Crippen molar-refractivity contribution in [3.63, 3.8) is 0 Å². The highest BCUT2D eigenvalue weighted by atomic mass is 16.5. The quantitative estimate of drug-likeness (QED) is 0.284. The second kappa shape index (κ2) is 10.0. The van der Waals surface area contributed by atoms with E-state index in [9.17, 15) is 9.59 Å². The summed E-state index contributed by atoms with van der Waals surface area (Å²) in [6.07, 6.45) is 13.1. The van der Waals surface area contributed by atoms with Crippen LogP contribution in [0.1, 0.15) is 113 Å². The largest absolute Gasteiger partial charge is 0.491 e. The summed E-state index contributed by atoms with van der Waals surface area (Å²) in [5.74, 6) is 4.30. The molecule has 9 atom stereocenters. The molecule has 212 valence electrons. The first-order valence-electron chi connectivity index (χ1n) is 15.4. The molecule has 0 aromatic heterocycles. The molecule has 5 rings (SSSR count). The van der Waals surface area contributed by atoms with Gasteiger partial charge in [-0.15, -0.1) is 0 Å². The van der Waals surface area contributed by atoms with Gasteiger partial charge in [0.15, 0.2) is 0 Å². The van der Waals surface area contributed by atoms with Gasteiger partial charge in [-0.1, -0.05) is 39.3 Å². The van der Waals surface area contributed by atoms with Gasteiger partial charge < -0.3 is 14.8 Å². The Kier molecular flexibility index (Phi) is 7.31. The minimum Gasteiger partial charge on any atom is -0.491 e. The molecule has 3 fully saturated rings. The van der Waals surface area contributed by atoms with Crippen molar-refractivity contribution in [2.45, 2.75) is 124 Å². The summed E-state index contributed by atoms with van der Waals surface area (Å²) < 4.78 is 12.7. The van der Waals surface area contributed by atoms with Crippen LogP contribution in [0.25, 0.3) is 0 Å². The maximum atomic E-state index is 11.9. The predicted octanol–water partition coefficient (Wildman–Crippen LogP) is 7.11. The van der Waals surface area contributed by atoms with Crippen LogP contribution in [0.4, 0.5) is 0 Å². The van der Waals surface area contributed by atoms with Crippen molar-refractivity contribution in [1.82, 2.24) is 5.32 Å². The predicted molar refractivity (Wildman–Crippen MR) is 150 cm³/mol. The topological polar surface area (TPSA) is 64.6 Å². The fourth-order valence-corrected chi connectivity index (χ4v) is 9.96. The highest BCUT2D eigenvalue weighted by Crippen LogP contribution is 2.71. The average Bonchev–Trinajstić information content (AvgIpc) is 3.27. The molecule has 0 saturated heterocycles. The maximum absolute atomic E-state index is 11.9. The zero-order chi connectivity index (χ0) is 27.5. The molecule has 0 spiro atoms. The lowest BCUT2D eigenvalue weighted by atomic mass is 9.47. The minimum atomic E-state index is -0.0918. The van der Waals surface area contributed by atoms with Crippen molar-refractivity contribution < 1.29 is 19.1 Å². The Morgan fingerprint density at radius 3 is 2.66 bits per heavy atom. The van der Waals surface area contributed by atoms with Crippen LogP contribution in [0, 0.1) is 40.4 Å². The maximum Gasteiger partial charge on any atom is 0.305 e. The molecule has 0 aromatic rings. The first-order valence-corrected chi connectivity index (χ1v) is 15.4. The molecule has 1 N–H and O–H groups in total. The normalized spacial score (nSPS) is 42.2. The van der Waals surface area contributed by atoms with Crippen molar-refractivity contribution in [2.24, 2.45) is 40.4 Å². The van der Waals surface area contributed by atoms with Crippen molar-refractivity contribution in [2.75, 3.05) is 6.54 Å². The third kappa shape index (κ3) is 4.54. The summed E-state index contributed by atoms with van der Waals surface area (Å²) in [5, 5.41) is 2.96. The summed E-state index contributed by atoms with van der Waals surface area (Å²) in [4.78, 5) is 23.2. The fraction of sp³-hybridized carbons (Fsp3) is 0.818. The molecule has 1 amide bonds. The van der Waals surface area contributed by atoms with Crippen LogP contribution in [0.5, 0.6) is 0 Å².